The zero-order valence-electron chi connectivity index (χ0n) is 6.16. The van der Waals surface area contributed by atoms with Crippen LogP contribution >= 0.6 is 0 Å². The van der Waals surface area contributed by atoms with Gasteiger partial charge in [0.05, 0.1) is 6.10 Å². The molecule has 2 nitrogen and oxygen atoms in total. The average Bonchev–Trinajstić information content (AvgIpc) is 1.95. The molecule has 0 aromatic heterocycles. The van der Waals surface area contributed by atoms with E-state index in [9.17, 15) is 0 Å². The molecule has 2 heteroatoms. The van der Waals surface area contributed by atoms with Gasteiger partial charge in [0.25, 0.3) is 0 Å². The standard InChI is InChI=1S/C8H15O2/c9-6-5-7-1-3-8(10)4-2-7/h5,7-10H,1-4,6H2. The Kier molecular flexibility index (Phi) is 3.16. The fourth-order valence-electron chi connectivity index (χ4n) is 1.49. The molecule has 2 N–H and O–H groups in total. The van der Waals surface area contributed by atoms with Gasteiger partial charge in [-0.3, -0.25) is 0 Å². The SMILES string of the molecule is OC[CH]C1CCC(O)CC1. The van der Waals surface area contributed by atoms with Gasteiger partial charge in [-0.05, 0) is 38.0 Å². The Morgan fingerprint density at radius 2 is 1.80 bits per heavy atom. The molecule has 1 rings (SSSR count). The maximum absolute atomic E-state index is 9.12. The zero-order chi connectivity index (χ0) is 7.40. The molecule has 0 heterocycles. The molecule has 59 valence electrons. The fourth-order valence-corrected chi connectivity index (χ4v) is 1.49. The van der Waals surface area contributed by atoms with Crippen LogP contribution in [0.4, 0.5) is 0 Å². The molecule has 1 radical (unpaired) electrons. The van der Waals surface area contributed by atoms with Gasteiger partial charge in [0, 0.05) is 6.61 Å². The highest BCUT2D eigenvalue weighted by atomic mass is 16.3. The summed E-state index contributed by atoms with van der Waals surface area (Å²) >= 11 is 0. The van der Waals surface area contributed by atoms with Crippen LogP contribution in [-0.2, 0) is 0 Å². The molecular formula is C8H15O2. The fraction of sp³-hybridized carbons (Fsp3) is 0.875. The van der Waals surface area contributed by atoms with Crippen molar-refractivity contribution in [1.82, 2.24) is 0 Å². The van der Waals surface area contributed by atoms with Crippen molar-refractivity contribution in [3.63, 3.8) is 0 Å². The largest absolute Gasteiger partial charge is 0.396 e. The van der Waals surface area contributed by atoms with Gasteiger partial charge in [-0.25, -0.2) is 0 Å². The predicted molar refractivity (Wildman–Crippen MR) is 39.4 cm³/mol. The molecule has 1 aliphatic rings. The number of aliphatic hydroxyl groups excluding tert-OH is 2. The minimum atomic E-state index is -0.0802. The van der Waals surface area contributed by atoms with Gasteiger partial charge in [-0.15, -0.1) is 0 Å². The molecule has 0 bridgehead atoms. The maximum Gasteiger partial charge on any atom is 0.0540 e. The van der Waals surface area contributed by atoms with E-state index in [4.69, 9.17) is 10.2 Å². The van der Waals surface area contributed by atoms with E-state index < -0.39 is 0 Å². The Balaban J connectivity index is 2.13. The predicted octanol–water partition coefficient (Wildman–Crippen LogP) is 0.734. The van der Waals surface area contributed by atoms with Crippen LogP contribution in [-0.4, -0.2) is 22.9 Å². The maximum atomic E-state index is 9.12. The summed E-state index contributed by atoms with van der Waals surface area (Å²) in [5.41, 5.74) is 0. The second kappa shape index (κ2) is 3.94. The Hall–Kier alpha value is -0.0800. The second-order valence-corrected chi connectivity index (χ2v) is 2.99. The van der Waals surface area contributed by atoms with Gasteiger partial charge in [0.1, 0.15) is 0 Å². The smallest absolute Gasteiger partial charge is 0.0540 e. The van der Waals surface area contributed by atoms with Crippen molar-refractivity contribution in [2.75, 3.05) is 6.61 Å². The highest BCUT2D eigenvalue weighted by molar-refractivity contribution is 4.81. The summed E-state index contributed by atoms with van der Waals surface area (Å²) in [5, 5.41) is 17.7. The van der Waals surface area contributed by atoms with Crippen molar-refractivity contribution in [3.8, 4) is 0 Å². The average molecular weight is 143 g/mol. The van der Waals surface area contributed by atoms with Crippen LogP contribution < -0.4 is 0 Å². The van der Waals surface area contributed by atoms with Gasteiger partial charge in [0.2, 0.25) is 0 Å². The molecule has 0 aliphatic heterocycles. The summed E-state index contributed by atoms with van der Waals surface area (Å²) < 4.78 is 0. The van der Waals surface area contributed by atoms with Gasteiger partial charge in [-0.1, -0.05) is 0 Å². The van der Waals surface area contributed by atoms with E-state index in [1.807, 2.05) is 6.42 Å². The van der Waals surface area contributed by atoms with E-state index in [0.717, 1.165) is 25.7 Å². The van der Waals surface area contributed by atoms with Crippen LogP contribution in [0, 0.1) is 12.3 Å². The molecule has 0 unspecified atom stereocenters. The molecule has 0 amide bonds. The van der Waals surface area contributed by atoms with Crippen molar-refractivity contribution in [2.24, 2.45) is 5.92 Å². The molecule has 0 aromatic rings. The summed E-state index contributed by atoms with van der Waals surface area (Å²) in [5.74, 6) is 0.549. The summed E-state index contributed by atoms with van der Waals surface area (Å²) in [6, 6.07) is 0. The molecule has 1 saturated carbocycles. The van der Waals surface area contributed by atoms with Crippen LogP contribution in [0.1, 0.15) is 25.7 Å². The Morgan fingerprint density at radius 3 is 2.30 bits per heavy atom. The third-order valence-corrected chi connectivity index (χ3v) is 2.18. The highest BCUT2D eigenvalue weighted by Gasteiger charge is 2.18. The van der Waals surface area contributed by atoms with Crippen LogP contribution in [0.15, 0.2) is 0 Å². The number of hydrogen-bond acceptors (Lipinski definition) is 2. The Morgan fingerprint density at radius 1 is 1.20 bits per heavy atom. The molecule has 0 aromatic carbocycles. The molecule has 1 aliphatic carbocycles. The van der Waals surface area contributed by atoms with Crippen molar-refractivity contribution >= 4 is 0 Å². The quantitative estimate of drug-likeness (QED) is 0.598. The number of rotatable bonds is 2. The van der Waals surface area contributed by atoms with E-state index in [1.165, 1.54) is 0 Å². The van der Waals surface area contributed by atoms with Gasteiger partial charge in [0.15, 0.2) is 0 Å². The van der Waals surface area contributed by atoms with Gasteiger partial charge < -0.3 is 10.2 Å². The first-order chi connectivity index (χ1) is 4.83. The number of aliphatic hydroxyl groups is 2. The lowest BCUT2D eigenvalue weighted by Crippen LogP contribution is -2.19. The molecule has 10 heavy (non-hydrogen) atoms. The third kappa shape index (κ3) is 2.27. The highest BCUT2D eigenvalue weighted by Crippen LogP contribution is 2.25. The third-order valence-electron chi connectivity index (χ3n) is 2.18. The van der Waals surface area contributed by atoms with E-state index in [-0.39, 0.29) is 12.7 Å². The lowest BCUT2D eigenvalue weighted by molar-refractivity contribution is 0.112. The summed E-state index contributed by atoms with van der Waals surface area (Å²) in [4.78, 5) is 0. The van der Waals surface area contributed by atoms with E-state index in [0.29, 0.717) is 5.92 Å². The minimum Gasteiger partial charge on any atom is -0.396 e. The first-order valence-corrected chi connectivity index (χ1v) is 3.95. The van der Waals surface area contributed by atoms with Crippen molar-refractivity contribution in [1.29, 1.82) is 0 Å². The van der Waals surface area contributed by atoms with E-state index in [1.54, 1.807) is 0 Å². The Labute approximate surface area is 61.9 Å². The van der Waals surface area contributed by atoms with Crippen molar-refractivity contribution in [3.05, 3.63) is 6.42 Å². The monoisotopic (exact) mass is 143 g/mol. The second-order valence-electron chi connectivity index (χ2n) is 2.99. The lowest BCUT2D eigenvalue weighted by Gasteiger charge is -2.24. The molecule has 1 fully saturated rings. The molecule has 0 spiro atoms. The van der Waals surface area contributed by atoms with Crippen LogP contribution in [0.5, 0.6) is 0 Å². The van der Waals surface area contributed by atoms with E-state index in [2.05, 4.69) is 0 Å². The first kappa shape index (κ1) is 8.02. The van der Waals surface area contributed by atoms with Crippen molar-refractivity contribution < 1.29 is 10.2 Å². The van der Waals surface area contributed by atoms with Crippen LogP contribution in [0.3, 0.4) is 0 Å². The van der Waals surface area contributed by atoms with E-state index >= 15 is 0 Å². The molecule has 0 atom stereocenters. The molecule has 0 saturated heterocycles. The summed E-state index contributed by atoms with van der Waals surface area (Å²) in [6.45, 7) is 0.181. The first-order valence-electron chi connectivity index (χ1n) is 3.95. The summed E-state index contributed by atoms with van der Waals surface area (Å²) in [6.07, 6.45) is 5.75. The Bertz CT molecular complexity index is 85.3. The van der Waals surface area contributed by atoms with Gasteiger partial charge in [-0.2, -0.15) is 0 Å². The topological polar surface area (TPSA) is 40.5 Å². The zero-order valence-corrected chi connectivity index (χ0v) is 6.16. The number of hydrogen-bond donors (Lipinski definition) is 2. The molecular weight excluding hydrogens is 128 g/mol. The normalized spacial score (nSPS) is 34.2. The van der Waals surface area contributed by atoms with Crippen LogP contribution in [0.25, 0.3) is 0 Å². The van der Waals surface area contributed by atoms with Gasteiger partial charge >= 0.3 is 0 Å². The van der Waals surface area contributed by atoms with Crippen LogP contribution in [0.2, 0.25) is 0 Å². The minimum absolute atomic E-state index is 0.0802. The van der Waals surface area contributed by atoms with Crippen molar-refractivity contribution in [2.45, 2.75) is 31.8 Å². The lowest BCUT2D eigenvalue weighted by atomic mass is 9.86. The summed E-state index contributed by atoms with van der Waals surface area (Å²) in [7, 11) is 0.